The molecule has 2 aromatic carbocycles. The summed E-state index contributed by atoms with van der Waals surface area (Å²) in [5.41, 5.74) is 1.81. The zero-order valence-corrected chi connectivity index (χ0v) is 15.3. The van der Waals surface area contributed by atoms with Crippen molar-refractivity contribution in [1.29, 1.82) is 0 Å². The van der Waals surface area contributed by atoms with Crippen LogP contribution in [-0.4, -0.2) is 24.2 Å². The Balaban J connectivity index is 1.89. The number of halogens is 1. The number of rotatable bonds is 4. The topological polar surface area (TPSA) is 61.8 Å². The molecule has 0 spiro atoms. The molecule has 0 N–H and O–H groups in total. The molecule has 0 fully saturated rings. The van der Waals surface area contributed by atoms with Crippen LogP contribution in [0.5, 0.6) is 17.2 Å². The number of ketones is 1. The number of carbonyl (C=O) groups is 2. The summed E-state index contributed by atoms with van der Waals surface area (Å²) in [4.78, 5) is 24.3. The Bertz CT molecular complexity index is 897. The highest BCUT2D eigenvalue weighted by atomic mass is 35.5. The normalized spacial score (nSPS) is 15.4. The number of fused-ring (bicyclic) bond motifs is 1. The summed E-state index contributed by atoms with van der Waals surface area (Å²) >= 11 is 5.73. The first-order chi connectivity index (χ1) is 12.4. The largest absolute Gasteiger partial charge is 0.497 e. The summed E-state index contributed by atoms with van der Waals surface area (Å²) in [5, 5.41) is -0.768. The third kappa shape index (κ3) is 3.44. The van der Waals surface area contributed by atoms with E-state index in [0.717, 1.165) is 11.3 Å². The molecular weight excluding hydrogens is 356 g/mol. The first-order valence-corrected chi connectivity index (χ1v) is 8.42. The summed E-state index contributed by atoms with van der Waals surface area (Å²) < 4.78 is 16.1. The van der Waals surface area contributed by atoms with Gasteiger partial charge in [0.15, 0.2) is 5.76 Å². The zero-order valence-electron chi connectivity index (χ0n) is 14.5. The van der Waals surface area contributed by atoms with Crippen molar-refractivity contribution in [3.8, 4) is 17.2 Å². The SMILES string of the molecule is COc1ccc(/C=C2\Oc3c(ccc(OC(=O)C(C)Cl)c3C)C2=O)cc1. The van der Waals surface area contributed by atoms with Crippen molar-refractivity contribution < 1.29 is 23.8 Å². The van der Waals surface area contributed by atoms with Gasteiger partial charge in [-0.15, -0.1) is 11.6 Å². The monoisotopic (exact) mass is 372 g/mol. The Kier molecular flexibility index (Phi) is 5.00. The average Bonchev–Trinajstić information content (AvgIpc) is 2.94. The van der Waals surface area contributed by atoms with Crippen molar-refractivity contribution >= 4 is 29.4 Å². The van der Waals surface area contributed by atoms with E-state index in [1.54, 1.807) is 44.4 Å². The standard InChI is InChI=1S/C20H17ClO5/c1-11-16(26-20(23)12(2)21)9-8-15-18(22)17(25-19(11)15)10-13-4-6-14(24-3)7-5-13/h4-10,12H,1-3H3/b17-10-. The molecule has 134 valence electrons. The number of allylic oxidation sites excluding steroid dienone is 1. The minimum Gasteiger partial charge on any atom is -0.497 e. The van der Waals surface area contributed by atoms with Gasteiger partial charge >= 0.3 is 5.97 Å². The van der Waals surface area contributed by atoms with E-state index in [9.17, 15) is 9.59 Å². The molecule has 5 nitrogen and oxygen atoms in total. The fourth-order valence-electron chi connectivity index (χ4n) is 2.52. The van der Waals surface area contributed by atoms with Crippen molar-refractivity contribution in [2.24, 2.45) is 0 Å². The lowest BCUT2D eigenvalue weighted by atomic mass is 10.1. The number of carbonyl (C=O) groups excluding carboxylic acids is 2. The maximum Gasteiger partial charge on any atom is 0.329 e. The van der Waals surface area contributed by atoms with Gasteiger partial charge in [-0.25, -0.2) is 0 Å². The highest BCUT2D eigenvalue weighted by Gasteiger charge is 2.30. The van der Waals surface area contributed by atoms with Crippen molar-refractivity contribution in [3.63, 3.8) is 0 Å². The maximum atomic E-state index is 12.6. The van der Waals surface area contributed by atoms with Crippen molar-refractivity contribution in [2.75, 3.05) is 7.11 Å². The molecule has 26 heavy (non-hydrogen) atoms. The van der Waals surface area contributed by atoms with E-state index in [-0.39, 0.29) is 11.5 Å². The second-order valence-electron chi connectivity index (χ2n) is 5.82. The third-order valence-corrected chi connectivity index (χ3v) is 4.16. The highest BCUT2D eigenvalue weighted by molar-refractivity contribution is 6.29. The summed E-state index contributed by atoms with van der Waals surface area (Å²) in [6.45, 7) is 3.26. The number of alkyl halides is 1. The zero-order chi connectivity index (χ0) is 18.8. The molecule has 0 aliphatic carbocycles. The summed E-state index contributed by atoms with van der Waals surface area (Å²) in [6, 6.07) is 10.4. The van der Waals surface area contributed by atoms with Crippen LogP contribution in [0, 0.1) is 6.92 Å². The molecule has 0 bridgehead atoms. The molecule has 1 atom stereocenters. The first-order valence-electron chi connectivity index (χ1n) is 7.98. The lowest BCUT2D eigenvalue weighted by molar-refractivity contribution is -0.133. The Morgan fingerprint density at radius 3 is 2.50 bits per heavy atom. The molecule has 0 amide bonds. The van der Waals surface area contributed by atoms with Gasteiger partial charge in [0.05, 0.1) is 12.7 Å². The van der Waals surface area contributed by atoms with Crippen LogP contribution in [-0.2, 0) is 4.79 Å². The van der Waals surface area contributed by atoms with Gasteiger partial charge < -0.3 is 14.2 Å². The van der Waals surface area contributed by atoms with E-state index in [1.165, 1.54) is 6.92 Å². The predicted molar refractivity (Wildman–Crippen MR) is 98.1 cm³/mol. The molecule has 1 aliphatic rings. The fourth-order valence-corrected chi connectivity index (χ4v) is 2.56. The van der Waals surface area contributed by atoms with Crippen LogP contribution in [0.15, 0.2) is 42.2 Å². The molecular formula is C20H17ClO5. The Morgan fingerprint density at radius 2 is 1.88 bits per heavy atom. The number of benzene rings is 2. The summed E-state index contributed by atoms with van der Waals surface area (Å²) in [6.07, 6.45) is 1.66. The molecule has 2 aromatic rings. The molecule has 6 heteroatoms. The van der Waals surface area contributed by atoms with E-state index in [4.69, 9.17) is 25.8 Å². The molecule has 1 heterocycles. The van der Waals surface area contributed by atoms with Crippen molar-refractivity contribution in [2.45, 2.75) is 19.2 Å². The van der Waals surface area contributed by atoms with Crippen LogP contribution in [0.25, 0.3) is 6.08 Å². The van der Waals surface area contributed by atoms with Crippen molar-refractivity contribution in [3.05, 3.63) is 58.8 Å². The fraction of sp³-hybridized carbons (Fsp3) is 0.200. The smallest absolute Gasteiger partial charge is 0.329 e. The van der Waals surface area contributed by atoms with Crippen molar-refractivity contribution in [1.82, 2.24) is 0 Å². The first kappa shape index (κ1) is 18.0. The number of esters is 1. The minimum absolute atomic E-state index is 0.211. The van der Waals surface area contributed by atoms with E-state index in [1.807, 2.05) is 12.1 Å². The van der Waals surface area contributed by atoms with Crippen LogP contribution in [0.3, 0.4) is 0 Å². The summed E-state index contributed by atoms with van der Waals surface area (Å²) in [7, 11) is 1.59. The number of ether oxygens (including phenoxy) is 3. The molecule has 1 unspecified atom stereocenters. The van der Waals surface area contributed by atoms with Gasteiger partial charge in [-0.1, -0.05) is 12.1 Å². The molecule has 0 saturated heterocycles. The van der Waals surface area contributed by atoms with E-state index in [2.05, 4.69) is 0 Å². The van der Waals surface area contributed by atoms with Gasteiger partial charge in [0.1, 0.15) is 22.6 Å². The van der Waals surface area contributed by atoms with Crippen LogP contribution in [0.1, 0.15) is 28.4 Å². The molecule has 0 saturated carbocycles. The maximum absolute atomic E-state index is 12.6. The number of Topliss-reactive ketones (excluding diaryl/α,β-unsaturated/α-hetero) is 1. The van der Waals surface area contributed by atoms with Gasteiger partial charge in [0.2, 0.25) is 5.78 Å². The second kappa shape index (κ2) is 7.22. The van der Waals surface area contributed by atoms with E-state index < -0.39 is 11.3 Å². The number of methoxy groups -OCH3 is 1. The highest BCUT2D eigenvalue weighted by Crippen LogP contribution is 2.39. The van der Waals surface area contributed by atoms with Gasteiger partial charge in [0, 0.05) is 5.56 Å². The van der Waals surface area contributed by atoms with E-state index in [0.29, 0.717) is 22.6 Å². The Labute approximate surface area is 156 Å². The Morgan fingerprint density at radius 1 is 1.19 bits per heavy atom. The quantitative estimate of drug-likeness (QED) is 0.349. The molecule has 0 aromatic heterocycles. The molecule has 3 rings (SSSR count). The van der Waals surface area contributed by atoms with Gasteiger partial charge in [-0.05, 0) is 49.8 Å². The summed E-state index contributed by atoms with van der Waals surface area (Å²) in [5.74, 6) is 0.866. The van der Waals surface area contributed by atoms with Gasteiger partial charge in [-0.3, -0.25) is 9.59 Å². The van der Waals surface area contributed by atoms with Crippen LogP contribution < -0.4 is 14.2 Å². The van der Waals surface area contributed by atoms with Gasteiger partial charge in [0.25, 0.3) is 0 Å². The average molecular weight is 373 g/mol. The lowest BCUT2D eigenvalue weighted by Gasteiger charge is -2.10. The lowest BCUT2D eigenvalue weighted by Crippen LogP contribution is -2.18. The Hall–Kier alpha value is -2.79. The predicted octanol–water partition coefficient (Wildman–Crippen LogP) is 4.15. The van der Waals surface area contributed by atoms with Crippen LogP contribution in [0.2, 0.25) is 0 Å². The van der Waals surface area contributed by atoms with Crippen LogP contribution in [0.4, 0.5) is 0 Å². The molecule has 0 radical (unpaired) electrons. The minimum atomic E-state index is -0.768. The van der Waals surface area contributed by atoms with Gasteiger partial charge in [-0.2, -0.15) is 0 Å². The number of hydrogen-bond acceptors (Lipinski definition) is 5. The third-order valence-electron chi connectivity index (χ3n) is 3.99. The van der Waals surface area contributed by atoms with E-state index >= 15 is 0 Å². The number of hydrogen-bond donors (Lipinski definition) is 0. The van der Waals surface area contributed by atoms with Crippen LogP contribution >= 0.6 is 11.6 Å². The molecule has 1 aliphatic heterocycles. The second-order valence-corrected chi connectivity index (χ2v) is 6.47.